The molecule has 3 aromatic rings. The Kier molecular flexibility index (Phi) is 14.7. The number of carbonyl (C=O) groups is 9. The van der Waals surface area contributed by atoms with Crippen LogP contribution < -0.4 is 29.6 Å². The van der Waals surface area contributed by atoms with Crippen molar-refractivity contribution in [2.24, 2.45) is 0 Å². The fraction of sp³-hybridized carbons (Fsp3) is 0.270. The summed E-state index contributed by atoms with van der Waals surface area (Å²) in [7, 11) is 0. The Labute approximate surface area is 313 Å². The summed E-state index contributed by atoms with van der Waals surface area (Å²) >= 11 is 0. The number of ether oxygens (including phenoxy) is 7. The molecular formula is C37H36N2O16. The van der Waals surface area contributed by atoms with Crippen molar-refractivity contribution >= 4 is 65.0 Å². The third kappa shape index (κ3) is 11.7. The summed E-state index contributed by atoms with van der Waals surface area (Å²) in [5.74, 6) is -9.88. The van der Waals surface area contributed by atoms with Gasteiger partial charge in [0, 0.05) is 51.2 Å². The molecule has 0 heterocycles. The Morgan fingerprint density at radius 1 is 0.418 bits per heavy atom. The van der Waals surface area contributed by atoms with Crippen molar-refractivity contribution in [3.63, 3.8) is 0 Å². The van der Waals surface area contributed by atoms with E-state index in [9.17, 15) is 43.2 Å². The highest BCUT2D eigenvalue weighted by molar-refractivity contribution is 6.11. The SMILES string of the molecule is CCOC(=O)c1cc(NC(=O)c2cc(OC(C)=O)c(C(=O)OCC)cc2OC(C)=O)cc(NC(=O)c2cc(OC(C)=O)c(C(=O)OCC)cc2OC(C)=O)c1. The molecule has 0 atom stereocenters. The third-order valence-corrected chi connectivity index (χ3v) is 6.62. The van der Waals surface area contributed by atoms with Crippen molar-refractivity contribution in [3.05, 3.63) is 70.3 Å². The van der Waals surface area contributed by atoms with Gasteiger partial charge < -0.3 is 43.8 Å². The monoisotopic (exact) mass is 764 g/mol. The molecule has 18 nitrogen and oxygen atoms in total. The summed E-state index contributed by atoms with van der Waals surface area (Å²) in [5.41, 5.74) is -1.93. The van der Waals surface area contributed by atoms with Gasteiger partial charge in [-0.1, -0.05) is 0 Å². The van der Waals surface area contributed by atoms with Crippen molar-refractivity contribution < 1.29 is 76.3 Å². The Hall–Kier alpha value is -7.11. The predicted molar refractivity (Wildman–Crippen MR) is 188 cm³/mol. The fourth-order valence-electron chi connectivity index (χ4n) is 4.67. The minimum Gasteiger partial charge on any atom is -0.462 e. The smallest absolute Gasteiger partial charge is 0.342 e. The van der Waals surface area contributed by atoms with E-state index >= 15 is 0 Å². The Bertz CT molecular complexity index is 1940. The molecule has 0 aliphatic rings. The third-order valence-electron chi connectivity index (χ3n) is 6.62. The molecule has 0 saturated carbocycles. The van der Waals surface area contributed by atoms with E-state index in [4.69, 9.17) is 33.2 Å². The number of rotatable bonds is 14. The maximum Gasteiger partial charge on any atom is 0.342 e. The van der Waals surface area contributed by atoms with E-state index in [-0.39, 0.29) is 47.9 Å². The molecule has 0 bridgehead atoms. The second-order valence-electron chi connectivity index (χ2n) is 10.9. The van der Waals surface area contributed by atoms with Gasteiger partial charge in [-0.2, -0.15) is 0 Å². The molecule has 0 fully saturated rings. The molecule has 18 heteroatoms. The van der Waals surface area contributed by atoms with Gasteiger partial charge in [-0.05, 0) is 51.1 Å². The molecule has 0 aromatic heterocycles. The molecule has 2 N–H and O–H groups in total. The van der Waals surface area contributed by atoms with Crippen LogP contribution in [-0.4, -0.2) is 73.4 Å². The van der Waals surface area contributed by atoms with Crippen LogP contribution >= 0.6 is 0 Å². The molecule has 0 aliphatic carbocycles. The van der Waals surface area contributed by atoms with E-state index in [1.165, 1.54) is 32.0 Å². The lowest BCUT2D eigenvalue weighted by Gasteiger charge is -2.17. The first-order valence-corrected chi connectivity index (χ1v) is 16.4. The minimum atomic E-state index is -1.00. The standard InChI is InChI=1S/C37H36N2O16/c1-8-49-35(46)22-11-23(38-33(44)25-14-31(54-20(6)42)27(36(47)50-9-2)16-29(25)52-18(4)40)13-24(12-22)39-34(45)26-15-32(55-21(7)43)28(37(48)51-10-3)17-30(26)53-19(5)41/h11-17H,8-10H2,1-7H3,(H,38,44)(H,39,45). The van der Waals surface area contributed by atoms with Crippen molar-refractivity contribution in [2.45, 2.75) is 48.5 Å². The normalized spacial score (nSPS) is 10.2. The molecule has 2 amide bonds. The number of anilines is 2. The van der Waals surface area contributed by atoms with Gasteiger partial charge in [0.05, 0.1) is 36.5 Å². The number of esters is 7. The van der Waals surface area contributed by atoms with Crippen LogP contribution in [0.1, 0.15) is 100 Å². The quantitative estimate of drug-likeness (QED) is 0.131. The van der Waals surface area contributed by atoms with Crippen molar-refractivity contribution in [1.29, 1.82) is 0 Å². The van der Waals surface area contributed by atoms with Gasteiger partial charge in [0.15, 0.2) is 0 Å². The molecule has 55 heavy (non-hydrogen) atoms. The lowest BCUT2D eigenvalue weighted by Crippen LogP contribution is -2.19. The maximum absolute atomic E-state index is 13.7. The zero-order chi connectivity index (χ0) is 41.0. The van der Waals surface area contributed by atoms with Gasteiger partial charge >= 0.3 is 41.8 Å². The van der Waals surface area contributed by atoms with Crippen LogP contribution in [0.15, 0.2) is 42.5 Å². The van der Waals surface area contributed by atoms with Gasteiger partial charge in [-0.15, -0.1) is 0 Å². The fourth-order valence-corrected chi connectivity index (χ4v) is 4.67. The molecule has 0 spiro atoms. The van der Waals surface area contributed by atoms with Crippen molar-refractivity contribution in [1.82, 2.24) is 0 Å². The van der Waals surface area contributed by atoms with Crippen LogP contribution in [0.5, 0.6) is 23.0 Å². The average molecular weight is 765 g/mol. The second-order valence-corrected chi connectivity index (χ2v) is 10.9. The summed E-state index contributed by atoms with van der Waals surface area (Å²) in [6, 6.07) is 7.47. The number of amides is 2. The predicted octanol–water partition coefficient (Wildman–Crippen LogP) is 4.42. The Morgan fingerprint density at radius 3 is 1.02 bits per heavy atom. The maximum atomic E-state index is 13.7. The number of nitrogens with one attached hydrogen (secondary N) is 2. The lowest BCUT2D eigenvalue weighted by molar-refractivity contribution is -0.133. The topological polar surface area (TPSA) is 242 Å². The Balaban J connectivity index is 2.16. The molecule has 0 radical (unpaired) electrons. The second kappa shape index (κ2) is 19.1. The van der Waals surface area contributed by atoms with Gasteiger partial charge in [0.1, 0.15) is 34.1 Å². The first-order chi connectivity index (χ1) is 26.0. The molecule has 3 aromatic carbocycles. The molecule has 290 valence electrons. The molecular weight excluding hydrogens is 728 g/mol. The highest BCUT2D eigenvalue weighted by Gasteiger charge is 2.27. The van der Waals surface area contributed by atoms with E-state index in [0.29, 0.717) is 0 Å². The van der Waals surface area contributed by atoms with Crippen LogP contribution in [0.3, 0.4) is 0 Å². The van der Waals surface area contributed by atoms with E-state index in [2.05, 4.69) is 10.6 Å². The zero-order valence-corrected chi connectivity index (χ0v) is 30.7. The minimum absolute atomic E-state index is 0.0495. The molecule has 0 unspecified atom stereocenters. The van der Waals surface area contributed by atoms with Crippen LogP contribution in [0.2, 0.25) is 0 Å². The van der Waals surface area contributed by atoms with Gasteiger partial charge in [0.2, 0.25) is 0 Å². The molecule has 0 aliphatic heterocycles. The highest BCUT2D eigenvalue weighted by Crippen LogP contribution is 2.33. The summed E-state index contributed by atoms with van der Waals surface area (Å²) in [6.07, 6.45) is 0. The summed E-state index contributed by atoms with van der Waals surface area (Å²) in [6.45, 7) is 8.60. The number of hydrogen-bond donors (Lipinski definition) is 2. The Morgan fingerprint density at radius 2 is 0.709 bits per heavy atom. The average Bonchev–Trinajstić information content (AvgIpc) is 3.08. The summed E-state index contributed by atoms with van der Waals surface area (Å²) in [5, 5.41) is 4.99. The number of hydrogen-bond acceptors (Lipinski definition) is 16. The van der Waals surface area contributed by atoms with E-state index in [1.807, 2.05) is 0 Å². The van der Waals surface area contributed by atoms with Crippen LogP contribution in [-0.2, 0) is 33.4 Å². The zero-order valence-electron chi connectivity index (χ0n) is 30.7. The molecule has 0 saturated heterocycles. The van der Waals surface area contributed by atoms with Crippen molar-refractivity contribution in [3.8, 4) is 23.0 Å². The first-order valence-electron chi connectivity index (χ1n) is 16.4. The summed E-state index contributed by atoms with van der Waals surface area (Å²) < 4.78 is 35.7. The van der Waals surface area contributed by atoms with Crippen molar-refractivity contribution in [2.75, 3.05) is 30.5 Å². The first kappa shape index (κ1) is 42.3. The van der Waals surface area contributed by atoms with Gasteiger partial charge in [0.25, 0.3) is 11.8 Å². The van der Waals surface area contributed by atoms with Gasteiger partial charge in [-0.25, -0.2) is 14.4 Å². The number of benzene rings is 3. The largest absolute Gasteiger partial charge is 0.462 e. The highest BCUT2D eigenvalue weighted by atomic mass is 16.6. The summed E-state index contributed by atoms with van der Waals surface area (Å²) in [4.78, 5) is 113. The van der Waals surface area contributed by atoms with E-state index < -0.39 is 87.7 Å². The van der Waals surface area contributed by atoms with Crippen LogP contribution in [0, 0.1) is 0 Å². The van der Waals surface area contributed by atoms with E-state index in [1.54, 1.807) is 6.92 Å². The van der Waals surface area contributed by atoms with Crippen LogP contribution in [0.4, 0.5) is 11.4 Å². The van der Waals surface area contributed by atoms with Gasteiger partial charge in [-0.3, -0.25) is 28.8 Å². The lowest BCUT2D eigenvalue weighted by atomic mass is 10.1. The van der Waals surface area contributed by atoms with E-state index in [0.717, 1.165) is 52.0 Å². The number of carbonyl (C=O) groups excluding carboxylic acids is 9. The van der Waals surface area contributed by atoms with Crippen LogP contribution in [0.25, 0.3) is 0 Å². The molecule has 3 rings (SSSR count).